The van der Waals surface area contributed by atoms with E-state index in [0.29, 0.717) is 26.4 Å². The van der Waals surface area contributed by atoms with E-state index < -0.39 is 24.4 Å². The first-order chi connectivity index (χ1) is 26.3. The van der Waals surface area contributed by atoms with Crippen LogP contribution in [-0.4, -0.2) is 55.1 Å². The van der Waals surface area contributed by atoms with E-state index in [0.717, 1.165) is 41.7 Å². The molecule has 2 aliphatic rings. The number of benzene rings is 4. The largest absolute Gasteiger partial charge is 0.466 e. The highest BCUT2D eigenvalue weighted by atomic mass is 32.2. The molecule has 54 heavy (non-hydrogen) atoms. The van der Waals surface area contributed by atoms with Crippen molar-refractivity contribution in [3.8, 4) is 0 Å². The third-order valence-corrected chi connectivity index (χ3v) is 12.1. The minimum atomic E-state index is -0.523. The second-order valence-electron chi connectivity index (χ2n) is 15.7. The van der Waals surface area contributed by atoms with Gasteiger partial charge in [-0.1, -0.05) is 135 Å². The Bertz CT molecular complexity index is 1610. The summed E-state index contributed by atoms with van der Waals surface area (Å²) >= 11 is 1.95. The quantitative estimate of drug-likeness (QED) is 0.0506. The van der Waals surface area contributed by atoms with Crippen molar-refractivity contribution in [3.63, 3.8) is 0 Å². The lowest BCUT2D eigenvalue weighted by Gasteiger charge is -2.47. The number of hydrogen-bond donors (Lipinski definition) is 0. The lowest BCUT2D eigenvalue weighted by atomic mass is 9.61. The Kier molecular flexibility index (Phi) is 15.3. The van der Waals surface area contributed by atoms with Crippen LogP contribution in [0.2, 0.25) is 5.82 Å². The number of hydrogen-bond acceptors (Lipinski definition) is 7. The Hall–Kier alpha value is -2.95. The highest BCUT2D eigenvalue weighted by molar-refractivity contribution is 7.99. The van der Waals surface area contributed by atoms with E-state index in [1.165, 1.54) is 24.2 Å². The summed E-state index contributed by atoms with van der Waals surface area (Å²) in [6, 6.07) is 41.7. The molecule has 0 aromatic heterocycles. The first kappa shape index (κ1) is 40.7. The molecule has 0 spiro atoms. The monoisotopic (exact) mass is 750 g/mol. The van der Waals surface area contributed by atoms with Gasteiger partial charge in [0.1, 0.15) is 12.2 Å². The molecular weight excluding hydrogens is 691 g/mol. The fraction of sp³-hybridized carbons (Fsp3) is 0.478. The van der Waals surface area contributed by atoms with Gasteiger partial charge in [0, 0.05) is 10.7 Å². The lowest BCUT2D eigenvalue weighted by molar-refractivity contribution is -0.224. The van der Waals surface area contributed by atoms with Crippen molar-refractivity contribution in [2.45, 2.75) is 132 Å². The summed E-state index contributed by atoms with van der Waals surface area (Å²) in [5, 5.41) is 0. The van der Waals surface area contributed by atoms with Crippen molar-refractivity contribution in [1.29, 1.82) is 0 Å². The van der Waals surface area contributed by atoms with Crippen LogP contribution in [0, 0.1) is 0 Å². The third kappa shape index (κ3) is 11.5. The minimum absolute atomic E-state index is 0.170. The fourth-order valence-electron chi connectivity index (χ4n) is 7.30. The smallest absolute Gasteiger partial charge is 0.403 e. The lowest BCUT2D eigenvalue weighted by Crippen LogP contribution is -2.59. The van der Waals surface area contributed by atoms with Gasteiger partial charge in [0.2, 0.25) is 0 Å². The molecule has 5 atom stereocenters. The van der Waals surface area contributed by atoms with E-state index in [2.05, 4.69) is 107 Å². The molecule has 0 radical (unpaired) electrons. The molecule has 2 fully saturated rings. The van der Waals surface area contributed by atoms with Crippen LogP contribution in [0.5, 0.6) is 0 Å². The molecule has 0 saturated carbocycles. The van der Waals surface area contributed by atoms with Gasteiger partial charge in [-0.3, -0.25) is 0 Å². The van der Waals surface area contributed by atoms with Crippen molar-refractivity contribution >= 4 is 18.9 Å². The van der Waals surface area contributed by atoms with Crippen molar-refractivity contribution in [1.82, 2.24) is 0 Å². The van der Waals surface area contributed by atoms with E-state index in [-0.39, 0.29) is 24.1 Å². The van der Waals surface area contributed by atoms with Crippen molar-refractivity contribution in [3.05, 3.63) is 138 Å². The first-order valence-electron chi connectivity index (χ1n) is 19.9. The maximum atomic E-state index is 7.17. The van der Waals surface area contributed by atoms with Crippen LogP contribution in [0.4, 0.5) is 0 Å². The highest BCUT2D eigenvalue weighted by Gasteiger charge is 2.61. The zero-order chi connectivity index (χ0) is 37.6. The van der Waals surface area contributed by atoms with Crippen molar-refractivity contribution in [2.75, 3.05) is 12.4 Å². The molecule has 2 heterocycles. The summed E-state index contributed by atoms with van der Waals surface area (Å²) in [4.78, 5) is 1.35. The van der Waals surface area contributed by atoms with Gasteiger partial charge >= 0.3 is 7.12 Å². The Balaban J connectivity index is 1.21. The van der Waals surface area contributed by atoms with Crippen LogP contribution in [0.25, 0.3) is 0 Å². The number of thioether (sulfide) groups is 1. The van der Waals surface area contributed by atoms with Crippen molar-refractivity contribution in [2.24, 2.45) is 0 Å². The molecule has 6 rings (SSSR count). The maximum absolute atomic E-state index is 7.17. The minimum Gasteiger partial charge on any atom is -0.403 e. The van der Waals surface area contributed by atoms with Gasteiger partial charge in [-0.05, 0) is 75.1 Å². The van der Waals surface area contributed by atoms with E-state index in [9.17, 15) is 0 Å². The normalized spacial score (nSPS) is 23.4. The fourth-order valence-corrected chi connectivity index (χ4v) is 8.23. The van der Waals surface area contributed by atoms with Gasteiger partial charge in [0.15, 0.2) is 0 Å². The zero-order valence-electron chi connectivity index (χ0n) is 32.6. The van der Waals surface area contributed by atoms with Gasteiger partial charge in [-0.15, -0.1) is 11.8 Å². The second-order valence-corrected chi connectivity index (χ2v) is 16.8. The maximum Gasteiger partial charge on any atom is 0.466 e. The summed E-state index contributed by atoms with van der Waals surface area (Å²) in [6.07, 6.45) is 5.38. The van der Waals surface area contributed by atoms with E-state index in [4.69, 9.17) is 28.3 Å². The first-order valence-corrected chi connectivity index (χ1v) is 20.9. The molecule has 0 unspecified atom stereocenters. The van der Waals surface area contributed by atoms with Gasteiger partial charge in [0.05, 0.1) is 49.8 Å². The Morgan fingerprint density at radius 3 is 1.61 bits per heavy atom. The number of unbranched alkanes of at least 4 members (excludes halogenated alkanes) is 4. The average molecular weight is 751 g/mol. The average Bonchev–Trinajstić information content (AvgIpc) is 3.41. The van der Waals surface area contributed by atoms with Crippen LogP contribution < -0.4 is 0 Å². The summed E-state index contributed by atoms with van der Waals surface area (Å²) in [5.41, 5.74) is 2.33. The Morgan fingerprint density at radius 1 is 0.556 bits per heavy atom. The summed E-state index contributed by atoms with van der Waals surface area (Å²) in [6.45, 7) is 10.2. The van der Waals surface area contributed by atoms with Crippen LogP contribution in [-0.2, 0) is 48.1 Å². The predicted octanol–water partition coefficient (Wildman–Crippen LogP) is 10.7. The molecule has 4 aromatic carbocycles. The number of ether oxygens (including phenoxy) is 4. The SMILES string of the molecule is CC1(C)OB([C@@H]2[C@@H](OCc3ccccc3)[C@H](OCc3ccccc3)[C@@H](COCc3ccccc3)O[C@@H]2CCCCCCCSc2ccccc2)OC1(C)C. The molecule has 0 amide bonds. The molecule has 0 N–H and O–H groups in total. The molecule has 2 aliphatic heterocycles. The highest BCUT2D eigenvalue weighted by Crippen LogP contribution is 2.47. The topological polar surface area (TPSA) is 55.4 Å². The van der Waals surface area contributed by atoms with E-state index in [1.807, 2.05) is 54.2 Å². The molecule has 0 bridgehead atoms. The second kappa shape index (κ2) is 20.3. The predicted molar refractivity (Wildman–Crippen MR) is 219 cm³/mol. The van der Waals surface area contributed by atoms with Crippen LogP contribution >= 0.6 is 11.8 Å². The molecule has 0 aliphatic carbocycles. The molecule has 8 heteroatoms. The summed E-state index contributed by atoms with van der Waals surface area (Å²) in [5.74, 6) is 0.929. The standard InChI is InChI=1S/C46H59BO6S/c1-45(2)46(3,4)53-47(52-45)42-40(30-20-6-5-7-21-31-54-39-28-18-11-19-29-39)51-41(35-48-32-36-22-12-8-13-23-36)43(49-33-37-24-14-9-15-25-37)44(42)50-34-38-26-16-10-17-27-38/h8-19,22-29,40-44H,5-7,20-21,30-35H2,1-4H3/t40-,41-,42+,43-,44-/m1/s1. The van der Waals surface area contributed by atoms with Crippen LogP contribution in [0.3, 0.4) is 0 Å². The molecule has 288 valence electrons. The zero-order valence-corrected chi connectivity index (χ0v) is 33.5. The van der Waals surface area contributed by atoms with E-state index >= 15 is 0 Å². The van der Waals surface area contributed by atoms with Gasteiger partial charge in [-0.2, -0.15) is 0 Å². The van der Waals surface area contributed by atoms with E-state index in [1.54, 1.807) is 0 Å². The molecule has 4 aromatic rings. The van der Waals surface area contributed by atoms with Crippen molar-refractivity contribution < 1.29 is 28.3 Å². The van der Waals surface area contributed by atoms with Crippen LogP contribution in [0.1, 0.15) is 82.9 Å². The molecular formula is C46H59BO6S. The third-order valence-electron chi connectivity index (χ3n) is 11.0. The summed E-state index contributed by atoms with van der Waals surface area (Å²) in [7, 11) is -0.523. The molecule has 2 saturated heterocycles. The van der Waals surface area contributed by atoms with Crippen LogP contribution in [0.15, 0.2) is 126 Å². The molecule has 6 nitrogen and oxygen atoms in total. The Morgan fingerprint density at radius 2 is 1.04 bits per heavy atom. The number of rotatable bonds is 20. The van der Waals surface area contributed by atoms with Gasteiger partial charge in [0.25, 0.3) is 0 Å². The Labute approximate surface area is 328 Å². The summed E-state index contributed by atoms with van der Waals surface area (Å²) < 4.78 is 41.2. The van der Waals surface area contributed by atoms with Gasteiger partial charge < -0.3 is 28.3 Å². The van der Waals surface area contributed by atoms with Gasteiger partial charge in [-0.25, -0.2) is 0 Å².